The van der Waals surface area contributed by atoms with Gasteiger partial charge >= 0.3 is 0 Å². The number of nitrogens with zero attached hydrogens (tertiary/aromatic N) is 1. The van der Waals surface area contributed by atoms with Crippen LogP contribution in [0.1, 0.15) is 11.3 Å². The van der Waals surface area contributed by atoms with Crippen LogP contribution < -0.4 is 0 Å². The van der Waals surface area contributed by atoms with Crippen molar-refractivity contribution in [1.29, 1.82) is 0 Å². The molecule has 15 heavy (non-hydrogen) atoms. The Kier molecular flexibility index (Phi) is 2.93. The summed E-state index contributed by atoms with van der Waals surface area (Å²) in [5, 5.41) is 2.33. The second-order valence-electron chi connectivity index (χ2n) is 3.39. The molecule has 1 aromatic carbocycles. The molecule has 0 bridgehead atoms. The predicted octanol–water partition coefficient (Wildman–Crippen LogP) is 4.92. The molecular weight excluding hydrogens is 297 g/mol. The average molecular weight is 305 g/mol. The maximum atomic E-state index is 6.23. The van der Waals surface area contributed by atoms with Crippen LogP contribution in [0.25, 0.3) is 10.9 Å². The first-order valence-electron chi connectivity index (χ1n) is 4.42. The largest absolute Gasteiger partial charge is 0.252 e. The molecule has 0 aliphatic rings. The lowest BCUT2D eigenvalue weighted by Gasteiger charge is -2.08. The molecule has 1 nitrogen and oxygen atoms in total. The van der Waals surface area contributed by atoms with Crippen LogP contribution in [0.3, 0.4) is 0 Å². The third kappa shape index (κ3) is 1.75. The molecule has 0 aliphatic heterocycles. The van der Waals surface area contributed by atoms with E-state index in [1.54, 1.807) is 0 Å². The summed E-state index contributed by atoms with van der Waals surface area (Å²) in [5.41, 5.74) is 2.71. The maximum absolute atomic E-state index is 6.23. The first kappa shape index (κ1) is 11.2. The summed E-state index contributed by atoms with van der Waals surface area (Å²) in [5.74, 6) is 0. The summed E-state index contributed by atoms with van der Waals surface area (Å²) in [4.78, 5) is 4.48. The third-order valence-electron chi connectivity index (χ3n) is 2.39. The lowest BCUT2D eigenvalue weighted by atomic mass is 10.1. The fourth-order valence-corrected chi connectivity index (χ4v) is 2.23. The number of fused-ring (bicyclic) bond motifs is 1. The van der Waals surface area contributed by atoms with Gasteiger partial charge in [0.15, 0.2) is 0 Å². The first-order valence-corrected chi connectivity index (χ1v) is 5.97. The molecule has 1 heterocycles. The standard InChI is InChI=1S/C11H8BrCl2N/c1-5-8(13)4-3-7-10(14)9(12)6(2)15-11(5)7/h3-4H,1-2H3. The molecule has 0 radical (unpaired) electrons. The molecule has 2 aromatic rings. The van der Waals surface area contributed by atoms with E-state index in [0.29, 0.717) is 10.0 Å². The highest BCUT2D eigenvalue weighted by Crippen LogP contribution is 2.35. The van der Waals surface area contributed by atoms with Crippen molar-refractivity contribution in [3.63, 3.8) is 0 Å². The molecule has 0 spiro atoms. The predicted molar refractivity (Wildman–Crippen MR) is 68.9 cm³/mol. The highest BCUT2D eigenvalue weighted by molar-refractivity contribution is 9.10. The zero-order valence-corrected chi connectivity index (χ0v) is 11.3. The normalized spacial score (nSPS) is 11.0. The summed E-state index contributed by atoms with van der Waals surface area (Å²) >= 11 is 15.7. The Morgan fingerprint density at radius 3 is 2.53 bits per heavy atom. The Labute approximate surface area is 107 Å². The first-order chi connectivity index (χ1) is 7.02. The van der Waals surface area contributed by atoms with Crippen LogP contribution in [0.4, 0.5) is 0 Å². The summed E-state index contributed by atoms with van der Waals surface area (Å²) in [6.45, 7) is 3.86. The van der Waals surface area contributed by atoms with Crippen LogP contribution in [0.5, 0.6) is 0 Å². The van der Waals surface area contributed by atoms with Gasteiger partial charge in [-0.3, -0.25) is 4.98 Å². The highest BCUT2D eigenvalue weighted by atomic mass is 79.9. The van der Waals surface area contributed by atoms with Gasteiger partial charge in [0.1, 0.15) is 0 Å². The average Bonchev–Trinajstić information content (AvgIpc) is 2.21. The lowest BCUT2D eigenvalue weighted by molar-refractivity contribution is 1.22. The van der Waals surface area contributed by atoms with Crippen LogP contribution in [-0.4, -0.2) is 4.98 Å². The molecule has 4 heteroatoms. The molecular formula is C11H8BrCl2N. The minimum absolute atomic E-state index is 0.692. The van der Waals surface area contributed by atoms with E-state index in [1.807, 2.05) is 26.0 Å². The van der Waals surface area contributed by atoms with Crippen LogP contribution in [0.2, 0.25) is 10.0 Å². The monoisotopic (exact) mass is 303 g/mol. The Balaban J connectivity index is 2.98. The van der Waals surface area contributed by atoms with Crippen molar-refractivity contribution in [2.45, 2.75) is 13.8 Å². The maximum Gasteiger partial charge on any atom is 0.0765 e. The Bertz CT molecular complexity index is 552. The van der Waals surface area contributed by atoms with Crippen molar-refractivity contribution in [3.05, 3.63) is 37.9 Å². The van der Waals surface area contributed by atoms with Gasteiger partial charge in [0.25, 0.3) is 0 Å². The van der Waals surface area contributed by atoms with Crippen LogP contribution in [-0.2, 0) is 0 Å². The number of aryl methyl sites for hydroxylation is 2. The van der Waals surface area contributed by atoms with Gasteiger partial charge in [0.05, 0.1) is 20.7 Å². The lowest BCUT2D eigenvalue weighted by Crippen LogP contribution is -1.91. The minimum Gasteiger partial charge on any atom is -0.252 e. The molecule has 0 amide bonds. The van der Waals surface area contributed by atoms with Gasteiger partial charge in [-0.2, -0.15) is 0 Å². The molecule has 78 valence electrons. The Morgan fingerprint density at radius 2 is 1.87 bits per heavy atom. The smallest absolute Gasteiger partial charge is 0.0765 e. The van der Waals surface area contributed by atoms with Crippen molar-refractivity contribution in [2.24, 2.45) is 0 Å². The SMILES string of the molecule is Cc1nc2c(C)c(Cl)ccc2c(Cl)c1Br. The zero-order chi connectivity index (χ0) is 11.2. The summed E-state index contributed by atoms with van der Waals surface area (Å²) < 4.78 is 0.846. The second kappa shape index (κ2) is 3.93. The fraction of sp³-hybridized carbons (Fsp3) is 0.182. The number of pyridine rings is 1. The van der Waals surface area contributed by atoms with E-state index in [-0.39, 0.29) is 0 Å². The molecule has 2 rings (SSSR count). The molecule has 0 unspecified atom stereocenters. The van der Waals surface area contributed by atoms with Gasteiger partial charge in [-0.05, 0) is 47.5 Å². The Hall–Kier alpha value is -0.310. The summed E-state index contributed by atoms with van der Waals surface area (Å²) in [6, 6.07) is 3.73. The highest BCUT2D eigenvalue weighted by Gasteiger charge is 2.11. The fourth-order valence-electron chi connectivity index (χ4n) is 1.49. The van der Waals surface area contributed by atoms with Gasteiger partial charge in [-0.15, -0.1) is 0 Å². The van der Waals surface area contributed by atoms with Crippen molar-refractivity contribution in [1.82, 2.24) is 4.98 Å². The van der Waals surface area contributed by atoms with Crippen molar-refractivity contribution in [2.75, 3.05) is 0 Å². The number of halogens is 3. The molecule has 0 saturated heterocycles. The number of rotatable bonds is 0. The van der Waals surface area contributed by atoms with E-state index in [2.05, 4.69) is 20.9 Å². The quantitative estimate of drug-likeness (QED) is 0.673. The molecule has 0 aliphatic carbocycles. The van der Waals surface area contributed by atoms with Crippen molar-refractivity contribution >= 4 is 50.0 Å². The van der Waals surface area contributed by atoms with E-state index in [0.717, 1.165) is 26.6 Å². The van der Waals surface area contributed by atoms with Gasteiger partial charge < -0.3 is 0 Å². The molecule has 1 aromatic heterocycles. The van der Waals surface area contributed by atoms with E-state index in [4.69, 9.17) is 23.2 Å². The van der Waals surface area contributed by atoms with Crippen molar-refractivity contribution in [3.8, 4) is 0 Å². The van der Waals surface area contributed by atoms with Gasteiger partial charge in [0.2, 0.25) is 0 Å². The topological polar surface area (TPSA) is 12.9 Å². The van der Waals surface area contributed by atoms with E-state index < -0.39 is 0 Å². The number of hydrogen-bond donors (Lipinski definition) is 0. The molecule has 0 N–H and O–H groups in total. The number of benzene rings is 1. The van der Waals surface area contributed by atoms with Crippen LogP contribution in [0.15, 0.2) is 16.6 Å². The third-order valence-corrected chi connectivity index (χ3v) is 4.39. The second-order valence-corrected chi connectivity index (χ2v) is 4.97. The number of aromatic nitrogens is 1. The van der Waals surface area contributed by atoms with E-state index >= 15 is 0 Å². The van der Waals surface area contributed by atoms with Gasteiger partial charge in [-0.1, -0.05) is 23.2 Å². The van der Waals surface area contributed by atoms with Gasteiger partial charge in [-0.25, -0.2) is 0 Å². The van der Waals surface area contributed by atoms with E-state index in [1.165, 1.54) is 0 Å². The van der Waals surface area contributed by atoms with Crippen LogP contribution in [0, 0.1) is 13.8 Å². The zero-order valence-electron chi connectivity index (χ0n) is 8.24. The molecule has 0 saturated carbocycles. The van der Waals surface area contributed by atoms with E-state index in [9.17, 15) is 0 Å². The van der Waals surface area contributed by atoms with Crippen molar-refractivity contribution < 1.29 is 0 Å². The Morgan fingerprint density at radius 1 is 1.20 bits per heavy atom. The minimum atomic E-state index is 0.692. The molecule has 0 fully saturated rings. The number of hydrogen-bond acceptors (Lipinski definition) is 1. The summed E-state index contributed by atoms with van der Waals surface area (Å²) in [7, 11) is 0. The van der Waals surface area contributed by atoms with Gasteiger partial charge in [0, 0.05) is 10.4 Å². The van der Waals surface area contributed by atoms with Crippen LogP contribution >= 0.6 is 39.1 Å². The molecule has 0 atom stereocenters. The summed E-state index contributed by atoms with van der Waals surface area (Å²) in [6.07, 6.45) is 0.